The van der Waals surface area contributed by atoms with E-state index < -0.39 is 0 Å². The highest BCUT2D eigenvalue weighted by molar-refractivity contribution is 9.10. The first kappa shape index (κ1) is 9.25. The minimum Gasteiger partial charge on any atom is -0.255 e. The first-order valence-corrected chi connectivity index (χ1v) is 5.13. The number of pyridine rings is 1. The Bertz CT molecular complexity index is 462. The van der Waals surface area contributed by atoms with Crippen LogP contribution in [0.4, 0.5) is 0 Å². The van der Waals surface area contributed by atoms with E-state index in [1.807, 2.05) is 6.07 Å². The Labute approximate surface area is 93.8 Å². The zero-order chi connectivity index (χ0) is 9.42. The van der Waals surface area contributed by atoms with Gasteiger partial charge in [-0.05, 0) is 34.1 Å². The Kier molecular flexibility index (Phi) is 2.45. The summed E-state index contributed by atoms with van der Waals surface area (Å²) in [7, 11) is 0. The van der Waals surface area contributed by atoms with Crippen LogP contribution in [0.5, 0.6) is 0 Å². The minimum atomic E-state index is 0.612. The standard InChI is InChI=1S/C9H4BrCl2N/c10-5-3-4-13-9-7(12)2-1-6(11)8(5)9/h1-4H. The molecule has 0 unspecified atom stereocenters. The second-order valence-corrected chi connectivity index (χ2v) is 4.21. The van der Waals surface area contributed by atoms with Gasteiger partial charge in [0, 0.05) is 16.1 Å². The van der Waals surface area contributed by atoms with Crippen molar-refractivity contribution in [2.45, 2.75) is 0 Å². The molecule has 2 rings (SSSR count). The van der Waals surface area contributed by atoms with Crippen molar-refractivity contribution in [3.8, 4) is 0 Å². The molecular weight excluding hydrogens is 273 g/mol. The summed E-state index contributed by atoms with van der Waals surface area (Å²) in [5, 5.41) is 2.12. The van der Waals surface area contributed by atoms with Gasteiger partial charge in [-0.2, -0.15) is 0 Å². The van der Waals surface area contributed by atoms with Crippen molar-refractivity contribution >= 4 is 50.0 Å². The molecule has 1 nitrogen and oxygen atoms in total. The lowest BCUT2D eigenvalue weighted by atomic mass is 10.2. The highest BCUT2D eigenvalue weighted by Crippen LogP contribution is 2.32. The van der Waals surface area contributed by atoms with Crippen molar-refractivity contribution in [1.82, 2.24) is 4.98 Å². The fourth-order valence-corrected chi connectivity index (χ4v) is 2.25. The van der Waals surface area contributed by atoms with Crippen LogP contribution in [0, 0.1) is 0 Å². The molecule has 0 aliphatic rings. The van der Waals surface area contributed by atoms with Gasteiger partial charge in [-0.25, -0.2) is 0 Å². The summed E-state index contributed by atoms with van der Waals surface area (Å²) in [5.74, 6) is 0. The summed E-state index contributed by atoms with van der Waals surface area (Å²) in [6.07, 6.45) is 1.69. The molecular formula is C9H4BrCl2N. The van der Waals surface area contributed by atoms with E-state index in [4.69, 9.17) is 23.2 Å². The van der Waals surface area contributed by atoms with Crippen LogP contribution in [0.25, 0.3) is 10.9 Å². The first-order chi connectivity index (χ1) is 6.20. The van der Waals surface area contributed by atoms with Crippen molar-refractivity contribution < 1.29 is 0 Å². The van der Waals surface area contributed by atoms with Crippen LogP contribution in [-0.4, -0.2) is 4.98 Å². The van der Waals surface area contributed by atoms with E-state index in [1.165, 1.54) is 0 Å². The van der Waals surface area contributed by atoms with Crippen LogP contribution < -0.4 is 0 Å². The average molecular weight is 277 g/mol. The Morgan fingerprint density at radius 1 is 1.08 bits per heavy atom. The summed E-state index contributed by atoms with van der Waals surface area (Å²) in [6.45, 7) is 0. The van der Waals surface area contributed by atoms with E-state index in [1.54, 1.807) is 18.3 Å². The van der Waals surface area contributed by atoms with Crippen LogP contribution >= 0.6 is 39.1 Å². The van der Waals surface area contributed by atoms with Crippen LogP contribution in [0.1, 0.15) is 0 Å². The van der Waals surface area contributed by atoms with Crippen molar-refractivity contribution in [1.29, 1.82) is 0 Å². The lowest BCUT2D eigenvalue weighted by molar-refractivity contribution is 1.40. The van der Waals surface area contributed by atoms with Crippen LogP contribution in [0.3, 0.4) is 0 Å². The van der Waals surface area contributed by atoms with Gasteiger partial charge < -0.3 is 0 Å². The van der Waals surface area contributed by atoms with Gasteiger partial charge in [-0.3, -0.25) is 4.98 Å². The molecule has 0 saturated heterocycles. The molecule has 0 bridgehead atoms. The summed E-state index contributed by atoms with van der Waals surface area (Å²) < 4.78 is 0.907. The van der Waals surface area contributed by atoms with Gasteiger partial charge in [0.15, 0.2) is 0 Å². The normalized spacial score (nSPS) is 10.7. The number of hydrogen-bond acceptors (Lipinski definition) is 1. The maximum absolute atomic E-state index is 6.01. The molecule has 0 aliphatic carbocycles. The number of benzene rings is 1. The summed E-state index contributed by atoms with van der Waals surface area (Å²) in [5.41, 5.74) is 0.726. The van der Waals surface area contributed by atoms with E-state index in [-0.39, 0.29) is 0 Å². The second-order valence-electron chi connectivity index (χ2n) is 2.55. The maximum atomic E-state index is 6.01. The molecule has 0 N–H and O–H groups in total. The second kappa shape index (κ2) is 3.45. The Morgan fingerprint density at radius 3 is 2.46 bits per heavy atom. The van der Waals surface area contributed by atoms with Crippen molar-refractivity contribution in [3.05, 3.63) is 38.9 Å². The average Bonchev–Trinajstić information content (AvgIpc) is 2.12. The van der Waals surface area contributed by atoms with E-state index in [2.05, 4.69) is 20.9 Å². The summed E-state index contributed by atoms with van der Waals surface area (Å²) >= 11 is 15.4. The van der Waals surface area contributed by atoms with Crippen LogP contribution in [0.2, 0.25) is 10.0 Å². The minimum absolute atomic E-state index is 0.612. The highest BCUT2D eigenvalue weighted by Gasteiger charge is 2.06. The van der Waals surface area contributed by atoms with Crippen molar-refractivity contribution in [2.75, 3.05) is 0 Å². The van der Waals surface area contributed by atoms with Gasteiger partial charge in [0.2, 0.25) is 0 Å². The monoisotopic (exact) mass is 275 g/mol. The molecule has 4 heteroatoms. The Morgan fingerprint density at radius 2 is 1.77 bits per heavy atom. The summed E-state index contributed by atoms with van der Waals surface area (Å²) in [4.78, 5) is 4.16. The third-order valence-electron chi connectivity index (χ3n) is 1.74. The molecule has 0 atom stereocenters. The molecule has 1 aromatic carbocycles. The fourth-order valence-electron chi connectivity index (χ4n) is 1.16. The molecule has 1 aromatic heterocycles. The fraction of sp³-hybridized carbons (Fsp3) is 0. The van der Waals surface area contributed by atoms with Gasteiger partial charge >= 0.3 is 0 Å². The van der Waals surface area contributed by atoms with Gasteiger partial charge in [0.1, 0.15) is 0 Å². The summed E-state index contributed by atoms with van der Waals surface area (Å²) in [6, 6.07) is 5.34. The molecule has 0 spiro atoms. The molecule has 2 aromatic rings. The first-order valence-electron chi connectivity index (χ1n) is 3.58. The van der Waals surface area contributed by atoms with Gasteiger partial charge in [0.05, 0.1) is 15.6 Å². The lowest BCUT2D eigenvalue weighted by Gasteiger charge is -2.03. The van der Waals surface area contributed by atoms with Crippen LogP contribution in [0.15, 0.2) is 28.9 Å². The number of halogens is 3. The lowest BCUT2D eigenvalue weighted by Crippen LogP contribution is -1.81. The molecule has 0 aliphatic heterocycles. The van der Waals surface area contributed by atoms with E-state index in [0.717, 1.165) is 15.4 Å². The number of fused-ring (bicyclic) bond motifs is 1. The molecule has 0 radical (unpaired) electrons. The molecule has 66 valence electrons. The number of aromatic nitrogens is 1. The van der Waals surface area contributed by atoms with Gasteiger partial charge in [-0.1, -0.05) is 23.2 Å². The van der Waals surface area contributed by atoms with E-state index in [9.17, 15) is 0 Å². The third kappa shape index (κ3) is 1.54. The molecule has 0 fully saturated rings. The Hall–Kier alpha value is -0.310. The van der Waals surface area contributed by atoms with E-state index >= 15 is 0 Å². The van der Waals surface area contributed by atoms with Crippen LogP contribution in [-0.2, 0) is 0 Å². The zero-order valence-electron chi connectivity index (χ0n) is 6.39. The zero-order valence-corrected chi connectivity index (χ0v) is 9.49. The van der Waals surface area contributed by atoms with E-state index in [0.29, 0.717) is 10.0 Å². The van der Waals surface area contributed by atoms with Gasteiger partial charge in [-0.15, -0.1) is 0 Å². The predicted octanol–water partition coefficient (Wildman–Crippen LogP) is 4.30. The molecule has 0 amide bonds. The topological polar surface area (TPSA) is 12.9 Å². The van der Waals surface area contributed by atoms with Crippen molar-refractivity contribution in [3.63, 3.8) is 0 Å². The SMILES string of the molecule is Clc1ccc(Cl)c2c(Br)ccnc12. The largest absolute Gasteiger partial charge is 0.255 e. The highest BCUT2D eigenvalue weighted by atomic mass is 79.9. The number of nitrogens with zero attached hydrogens (tertiary/aromatic N) is 1. The third-order valence-corrected chi connectivity index (χ3v) is 3.02. The quantitative estimate of drug-likeness (QED) is 0.699. The Balaban J connectivity index is 3.00. The number of hydrogen-bond donors (Lipinski definition) is 0. The van der Waals surface area contributed by atoms with Crippen molar-refractivity contribution in [2.24, 2.45) is 0 Å². The molecule has 0 saturated carbocycles. The number of rotatable bonds is 0. The predicted molar refractivity (Wildman–Crippen MR) is 59.5 cm³/mol. The smallest absolute Gasteiger partial charge is 0.0914 e. The molecule has 1 heterocycles. The molecule has 13 heavy (non-hydrogen) atoms. The maximum Gasteiger partial charge on any atom is 0.0914 e. The van der Waals surface area contributed by atoms with Gasteiger partial charge in [0.25, 0.3) is 0 Å².